The smallest absolute Gasteiger partial charge is 0.308 e. The van der Waals surface area contributed by atoms with Crippen molar-refractivity contribution in [3.05, 3.63) is 35.6 Å². The van der Waals surface area contributed by atoms with Gasteiger partial charge in [0.05, 0.1) is 12.5 Å². The molecular formula is C27H45NO2. The Labute approximate surface area is 186 Å². The number of hydrogen-bond acceptors (Lipinski definition) is 3. The second-order valence-electron chi connectivity index (χ2n) is 9.88. The topological polar surface area (TPSA) is 38.3 Å². The minimum absolute atomic E-state index is 0.00720. The third-order valence-corrected chi connectivity index (χ3v) is 4.56. The number of ether oxygens (including phenoxy) is 1. The Balaban J connectivity index is 0.00000407. The average molecular weight is 416 g/mol. The highest BCUT2D eigenvalue weighted by Gasteiger charge is 2.28. The van der Waals surface area contributed by atoms with E-state index in [1.807, 2.05) is 46.8 Å². The van der Waals surface area contributed by atoms with Crippen molar-refractivity contribution >= 4 is 5.97 Å². The van der Waals surface area contributed by atoms with Gasteiger partial charge in [-0.3, -0.25) is 4.79 Å². The lowest BCUT2D eigenvalue weighted by Gasteiger charge is -2.30. The Bertz CT molecular complexity index is 678. The maximum absolute atomic E-state index is 12.0. The van der Waals surface area contributed by atoms with Crippen molar-refractivity contribution in [1.82, 2.24) is 5.32 Å². The molecule has 3 nitrogen and oxygen atoms in total. The Hall–Kier alpha value is -1.95. The van der Waals surface area contributed by atoms with Crippen LogP contribution in [0.5, 0.6) is 0 Å². The molecule has 2 unspecified atom stereocenters. The fourth-order valence-corrected chi connectivity index (χ4v) is 3.70. The van der Waals surface area contributed by atoms with E-state index in [9.17, 15) is 4.79 Å². The van der Waals surface area contributed by atoms with E-state index in [1.165, 1.54) is 5.57 Å². The molecule has 0 amide bonds. The maximum Gasteiger partial charge on any atom is 0.308 e. The van der Waals surface area contributed by atoms with E-state index in [1.54, 1.807) is 0 Å². The molecule has 0 aromatic heterocycles. The van der Waals surface area contributed by atoms with E-state index in [-0.39, 0.29) is 28.8 Å². The van der Waals surface area contributed by atoms with Gasteiger partial charge in [0, 0.05) is 5.70 Å². The molecule has 2 atom stereocenters. The molecule has 3 heteroatoms. The average Bonchev–Trinajstić information content (AvgIpc) is 2.61. The second-order valence-corrected chi connectivity index (χ2v) is 9.88. The van der Waals surface area contributed by atoms with Crippen LogP contribution in [0, 0.1) is 28.6 Å². The highest BCUT2D eigenvalue weighted by atomic mass is 16.5. The van der Waals surface area contributed by atoms with Gasteiger partial charge >= 0.3 is 5.97 Å². The van der Waals surface area contributed by atoms with E-state index in [0.717, 1.165) is 25.0 Å². The molecule has 0 bridgehead atoms. The van der Waals surface area contributed by atoms with Crippen molar-refractivity contribution in [2.24, 2.45) is 16.7 Å². The van der Waals surface area contributed by atoms with Crippen LogP contribution < -0.4 is 5.32 Å². The van der Waals surface area contributed by atoms with Gasteiger partial charge in [-0.05, 0) is 56.1 Å². The number of dihydropyridines is 1. The van der Waals surface area contributed by atoms with Crippen LogP contribution in [0.15, 0.2) is 35.6 Å². The maximum atomic E-state index is 12.0. The number of allylic oxidation sites excluding steroid dienone is 5. The third kappa shape index (κ3) is 12.6. The fourth-order valence-electron chi connectivity index (χ4n) is 3.70. The number of carbonyl (C=O) groups is 1. The molecule has 0 saturated carbocycles. The first-order valence-electron chi connectivity index (χ1n) is 11.4. The Morgan fingerprint density at radius 2 is 1.87 bits per heavy atom. The van der Waals surface area contributed by atoms with Crippen LogP contribution in [-0.4, -0.2) is 18.6 Å². The molecule has 1 rings (SSSR count). The zero-order valence-corrected chi connectivity index (χ0v) is 21.1. The summed E-state index contributed by atoms with van der Waals surface area (Å²) in [5.74, 6) is 6.37. The molecule has 0 spiro atoms. The summed E-state index contributed by atoms with van der Waals surface area (Å²) in [6, 6.07) is 0.0639. The standard InChI is InChI=1S/C25H39NO2.C2H6/c1-9-28-23(27)19(2)16-25(7,8)18-21(17-24(4,5)6)13-11-15-22-14-10-12-20(3)26-22;1-2/h10,12-14,19,22,26H,9,16-18H2,1-8H3;1-2H3/b21-13+;. The van der Waals surface area contributed by atoms with Crippen molar-refractivity contribution in [3.8, 4) is 11.8 Å². The quantitative estimate of drug-likeness (QED) is 0.366. The zero-order valence-electron chi connectivity index (χ0n) is 21.1. The number of esters is 1. The molecule has 1 N–H and O–H groups in total. The molecule has 0 radical (unpaired) electrons. The van der Waals surface area contributed by atoms with Crippen molar-refractivity contribution in [3.63, 3.8) is 0 Å². The van der Waals surface area contributed by atoms with Crippen LogP contribution in [0.2, 0.25) is 0 Å². The van der Waals surface area contributed by atoms with Crippen molar-refractivity contribution < 1.29 is 9.53 Å². The lowest BCUT2D eigenvalue weighted by atomic mass is 9.75. The van der Waals surface area contributed by atoms with E-state index >= 15 is 0 Å². The Kier molecular flexibility index (Phi) is 12.5. The molecule has 0 aliphatic carbocycles. The second kappa shape index (κ2) is 13.4. The summed E-state index contributed by atoms with van der Waals surface area (Å²) in [5.41, 5.74) is 2.68. The molecule has 30 heavy (non-hydrogen) atoms. The molecule has 170 valence electrons. The van der Waals surface area contributed by atoms with Gasteiger partial charge in [-0.25, -0.2) is 0 Å². The van der Waals surface area contributed by atoms with Crippen LogP contribution in [0.25, 0.3) is 0 Å². The van der Waals surface area contributed by atoms with Gasteiger partial charge in [0.25, 0.3) is 0 Å². The summed E-state index contributed by atoms with van der Waals surface area (Å²) in [6.07, 6.45) is 11.0. The van der Waals surface area contributed by atoms with E-state index in [0.29, 0.717) is 6.61 Å². The summed E-state index contributed by atoms with van der Waals surface area (Å²) in [7, 11) is 0. The predicted molar refractivity (Wildman–Crippen MR) is 130 cm³/mol. The summed E-state index contributed by atoms with van der Waals surface area (Å²) in [5, 5.41) is 3.36. The highest BCUT2D eigenvalue weighted by molar-refractivity contribution is 5.72. The lowest BCUT2D eigenvalue weighted by Crippen LogP contribution is -2.25. The number of nitrogens with one attached hydrogen (secondary N) is 1. The lowest BCUT2D eigenvalue weighted by molar-refractivity contribution is -0.148. The number of carbonyl (C=O) groups excluding carboxylic acids is 1. The summed E-state index contributed by atoms with van der Waals surface area (Å²) >= 11 is 0. The SMILES string of the molecule is CC.CCOC(=O)C(C)CC(C)(C)C/C(=C/C#CC1C=CC=C(C)N1)CC(C)(C)C. The van der Waals surface area contributed by atoms with Crippen molar-refractivity contribution in [2.45, 2.75) is 94.5 Å². The van der Waals surface area contributed by atoms with Crippen molar-refractivity contribution in [2.75, 3.05) is 6.61 Å². The largest absolute Gasteiger partial charge is 0.466 e. The molecule has 1 aliphatic heterocycles. The summed E-state index contributed by atoms with van der Waals surface area (Å²) in [6.45, 7) is 21.5. The zero-order chi connectivity index (χ0) is 23.4. The normalized spacial score (nSPS) is 17.5. The van der Waals surface area contributed by atoms with Gasteiger partial charge in [0.15, 0.2) is 0 Å². The summed E-state index contributed by atoms with van der Waals surface area (Å²) < 4.78 is 5.18. The molecule has 0 fully saturated rings. The minimum Gasteiger partial charge on any atom is -0.466 e. The first kappa shape index (κ1) is 28.1. The molecule has 0 aromatic carbocycles. The molecular weight excluding hydrogens is 370 g/mol. The fraction of sp³-hybridized carbons (Fsp3) is 0.667. The minimum atomic E-state index is -0.102. The van der Waals surface area contributed by atoms with Gasteiger partial charge in [-0.15, -0.1) is 0 Å². The first-order chi connectivity index (χ1) is 13.9. The van der Waals surface area contributed by atoms with E-state index < -0.39 is 0 Å². The van der Waals surface area contributed by atoms with Crippen molar-refractivity contribution in [1.29, 1.82) is 0 Å². The number of hydrogen-bond donors (Lipinski definition) is 1. The monoisotopic (exact) mass is 415 g/mol. The third-order valence-electron chi connectivity index (χ3n) is 4.56. The van der Waals surface area contributed by atoms with E-state index in [4.69, 9.17) is 4.74 Å². The van der Waals surface area contributed by atoms with Crippen LogP contribution >= 0.6 is 0 Å². The van der Waals surface area contributed by atoms with Crippen LogP contribution in [0.3, 0.4) is 0 Å². The van der Waals surface area contributed by atoms with Gasteiger partial charge < -0.3 is 10.1 Å². The molecule has 1 aliphatic rings. The first-order valence-corrected chi connectivity index (χ1v) is 11.4. The Morgan fingerprint density at radius 3 is 2.40 bits per heavy atom. The van der Waals surface area contributed by atoms with Crippen LogP contribution in [0.4, 0.5) is 0 Å². The van der Waals surface area contributed by atoms with Gasteiger partial charge in [0.2, 0.25) is 0 Å². The van der Waals surface area contributed by atoms with E-state index in [2.05, 4.69) is 63.9 Å². The van der Waals surface area contributed by atoms with Crippen LogP contribution in [0.1, 0.15) is 88.5 Å². The predicted octanol–water partition coefficient (Wildman–Crippen LogP) is 6.82. The molecule has 1 heterocycles. The summed E-state index contributed by atoms with van der Waals surface area (Å²) in [4.78, 5) is 12.0. The molecule has 0 saturated heterocycles. The van der Waals surface area contributed by atoms with Gasteiger partial charge in [-0.1, -0.05) is 85.0 Å². The van der Waals surface area contributed by atoms with Gasteiger partial charge in [0.1, 0.15) is 6.04 Å². The Morgan fingerprint density at radius 1 is 1.23 bits per heavy atom. The number of rotatable bonds is 7. The van der Waals surface area contributed by atoms with Gasteiger partial charge in [-0.2, -0.15) is 0 Å². The highest BCUT2D eigenvalue weighted by Crippen LogP contribution is 2.37. The van der Waals surface area contributed by atoms with Crippen LogP contribution in [-0.2, 0) is 9.53 Å². The molecule has 0 aromatic rings.